The number of hydrogen-bond donors (Lipinski definition) is 0. The number of hydrogen-bond acceptors (Lipinski definition) is 6. The number of piperazine rings is 1. The summed E-state index contributed by atoms with van der Waals surface area (Å²) >= 11 is 0. The number of carbonyl (C=O) groups excluding carboxylic acids is 1. The Bertz CT molecular complexity index is 1200. The Morgan fingerprint density at radius 1 is 0.931 bits per heavy atom. The Hall–Kier alpha value is -3.11. The predicted octanol–water partition coefficient (Wildman–Crippen LogP) is 0.325. The van der Waals surface area contributed by atoms with Crippen molar-refractivity contribution >= 4 is 26.8 Å². The van der Waals surface area contributed by atoms with Gasteiger partial charge in [0.05, 0.1) is 10.3 Å². The van der Waals surface area contributed by atoms with Gasteiger partial charge in [-0.1, -0.05) is 35.5 Å². The Kier molecular flexibility index (Phi) is 5.12. The maximum Gasteiger partial charge on any atom is 0.278 e. The first kappa shape index (κ1) is 19.2. The van der Waals surface area contributed by atoms with E-state index in [1.54, 1.807) is 59.5 Å². The van der Waals surface area contributed by atoms with E-state index in [0.29, 0.717) is 10.9 Å². The minimum Gasteiger partial charge on any atom is -0.338 e. The first-order valence-corrected chi connectivity index (χ1v) is 10.6. The molecule has 9 nitrogen and oxygen atoms in total. The summed E-state index contributed by atoms with van der Waals surface area (Å²) in [6.45, 7) is 0.659. The molecule has 3 aromatic rings. The van der Waals surface area contributed by atoms with Crippen molar-refractivity contribution in [2.24, 2.45) is 0 Å². The molecule has 1 amide bonds. The summed E-state index contributed by atoms with van der Waals surface area (Å²) in [7, 11) is -3.58. The molecule has 10 heteroatoms. The molecule has 0 atom stereocenters. The van der Waals surface area contributed by atoms with Crippen LogP contribution in [0.2, 0.25) is 0 Å². The van der Waals surface area contributed by atoms with Crippen LogP contribution in [0.1, 0.15) is 0 Å². The van der Waals surface area contributed by atoms with Crippen LogP contribution in [0, 0.1) is 0 Å². The molecule has 1 aliphatic rings. The minimum absolute atomic E-state index is 0.196. The average Bonchev–Trinajstić information content (AvgIpc) is 2.76. The van der Waals surface area contributed by atoms with Gasteiger partial charge >= 0.3 is 0 Å². The Morgan fingerprint density at radius 3 is 2.31 bits per heavy atom. The third kappa shape index (κ3) is 3.76. The first-order chi connectivity index (χ1) is 14.0. The van der Waals surface area contributed by atoms with E-state index in [-0.39, 0.29) is 49.1 Å². The van der Waals surface area contributed by atoms with E-state index in [0.717, 1.165) is 4.68 Å². The van der Waals surface area contributed by atoms with E-state index >= 15 is 0 Å². The van der Waals surface area contributed by atoms with Crippen LogP contribution in [0.15, 0.2) is 64.3 Å². The molecule has 1 saturated heterocycles. The summed E-state index contributed by atoms with van der Waals surface area (Å²) in [5.41, 5.74) is 0.0928. The second-order valence-corrected chi connectivity index (χ2v) is 8.61. The standard InChI is InChI=1S/C19H19N5O4S/c25-18(14-24-19(26)16-8-4-5-9-17(16)20-21-24)22-10-12-23(13-11-22)29(27,28)15-6-2-1-3-7-15/h1-9H,10-14H2. The third-order valence-corrected chi connectivity index (χ3v) is 6.80. The van der Waals surface area contributed by atoms with Crippen molar-refractivity contribution in [3.63, 3.8) is 0 Å². The lowest BCUT2D eigenvalue weighted by Gasteiger charge is -2.34. The molecule has 0 spiro atoms. The highest BCUT2D eigenvalue weighted by Gasteiger charge is 2.30. The largest absolute Gasteiger partial charge is 0.338 e. The van der Waals surface area contributed by atoms with Gasteiger partial charge in [-0.2, -0.15) is 4.31 Å². The molecule has 0 unspecified atom stereocenters. The molecule has 0 N–H and O–H groups in total. The van der Waals surface area contributed by atoms with Crippen LogP contribution in [-0.2, 0) is 21.4 Å². The molecule has 0 aliphatic carbocycles. The normalized spacial score (nSPS) is 15.5. The molecular formula is C19H19N5O4S. The van der Waals surface area contributed by atoms with Crippen LogP contribution in [-0.4, -0.2) is 64.7 Å². The average molecular weight is 413 g/mol. The smallest absolute Gasteiger partial charge is 0.278 e. The van der Waals surface area contributed by atoms with Crippen molar-refractivity contribution < 1.29 is 13.2 Å². The zero-order valence-electron chi connectivity index (χ0n) is 15.5. The van der Waals surface area contributed by atoms with Crippen molar-refractivity contribution in [1.82, 2.24) is 24.2 Å². The molecule has 1 aromatic heterocycles. The van der Waals surface area contributed by atoms with Gasteiger partial charge < -0.3 is 4.90 Å². The van der Waals surface area contributed by atoms with E-state index in [1.807, 2.05) is 0 Å². The van der Waals surface area contributed by atoms with Crippen molar-refractivity contribution in [2.75, 3.05) is 26.2 Å². The molecule has 0 saturated carbocycles. The fourth-order valence-electron chi connectivity index (χ4n) is 3.27. The van der Waals surface area contributed by atoms with Crippen LogP contribution in [0.25, 0.3) is 10.9 Å². The lowest BCUT2D eigenvalue weighted by Crippen LogP contribution is -2.51. The van der Waals surface area contributed by atoms with E-state index in [9.17, 15) is 18.0 Å². The zero-order valence-corrected chi connectivity index (χ0v) is 16.3. The first-order valence-electron chi connectivity index (χ1n) is 9.12. The highest BCUT2D eigenvalue weighted by atomic mass is 32.2. The molecule has 0 bridgehead atoms. The van der Waals surface area contributed by atoms with Gasteiger partial charge in [0.1, 0.15) is 12.1 Å². The van der Waals surface area contributed by atoms with Gasteiger partial charge in [-0.3, -0.25) is 9.59 Å². The number of amides is 1. The van der Waals surface area contributed by atoms with Gasteiger partial charge in [0, 0.05) is 26.2 Å². The summed E-state index contributed by atoms with van der Waals surface area (Å²) < 4.78 is 27.8. The molecular weight excluding hydrogens is 394 g/mol. The fraction of sp³-hybridized carbons (Fsp3) is 0.263. The molecule has 150 valence electrons. The minimum atomic E-state index is -3.58. The van der Waals surface area contributed by atoms with Crippen molar-refractivity contribution in [3.8, 4) is 0 Å². The van der Waals surface area contributed by atoms with Crippen molar-refractivity contribution in [1.29, 1.82) is 0 Å². The number of sulfonamides is 1. The summed E-state index contributed by atoms with van der Waals surface area (Å²) in [6, 6.07) is 15.0. The highest BCUT2D eigenvalue weighted by molar-refractivity contribution is 7.89. The SMILES string of the molecule is O=C(Cn1nnc2ccccc2c1=O)N1CCN(S(=O)(=O)c2ccccc2)CC1. The summed E-state index contributed by atoms with van der Waals surface area (Å²) in [5, 5.41) is 8.21. The number of benzene rings is 2. The number of nitrogens with zero attached hydrogens (tertiary/aromatic N) is 5. The van der Waals surface area contributed by atoms with E-state index in [1.165, 1.54) is 4.31 Å². The topological polar surface area (TPSA) is 105 Å². The van der Waals surface area contributed by atoms with Crippen LogP contribution < -0.4 is 5.56 Å². The van der Waals surface area contributed by atoms with Gasteiger partial charge in [-0.15, -0.1) is 5.10 Å². The second-order valence-electron chi connectivity index (χ2n) is 6.67. The predicted molar refractivity (Wildman–Crippen MR) is 106 cm³/mol. The van der Waals surface area contributed by atoms with E-state index in [2.05, 4.69) is 10.3 Å². The number of rotatable bonds is 4. The van der Waals surface area contributed by atoms with E-state index < -0.39 is 10.0 Å². The number of fused-ring (bicyclic) bond motifs is 1. The highest BCUT2D eigenvalue weighted by Crippen LogP contribution is 2.17. The van der Waals surface area contributed by atoms with E-state index in [4.69, 9.17) is 0 Å². The van der Waals surface area contributed by atoms with Crippen LogP contribution in [0.3, 0.4) is 0 Å². The van der Waals surface area contributed by atoms with Gasteiger partial charge in [0.25, 0.3) is 5.56 Å². The fourth-order valence-corrected chi connectivity index (χ4v) is 4.72. The monoisotopic (exact) mass is 413 g/mol. The molecule has 1 aliphatic heterocycles. The van der Waals surface area contributed by atoms with Gasteiger partial charge in [0.2, 0.25) is 15.9 Å². The summed E-state index contributed by atoms with van der Waals surface area (Å²) in [6.07, 6.45) is 0. The quantitative estimate of drug-likeness (QED) is 0.610. The molecule has 2 heterocycles. The van der Waals surface area contributed by atoms with Crippen molar-refractivity contribution in [2.45, 2.75) is 11.4 Å². The second kappa shape index (κ2) is 7.72. The maximum absolute atomic E-state index is 12.7. The molecule has 29 heavy (non-hydrogen) atoms. The molecule has 0 radical (unpaired) electrons. The lowest BCUT2D eigenvalue weighted by molar-refractivity contribution is -0.133. The lowest BCUT2D eigenvalue weighted by atomic mass is 10.2. The van der Waals surface area contributed by atoms with Crippen LogP contribution in [0.4, 0.5) is 0 Å². The van der Waals surface area contributed by atoms with Crippen molar-refractivity contribution in [3.05, 3.63) is 65.0 Å². The van der Waals surface area contributed by atoms with Gasteiger partial charge in [0.15, 0.2) is 0 Å². The molecule has 1 fully saturated rings. The zero-order chi connectivity index (χ0) is 20.4. The van der Waals surface area contributed by atoms with Gasteiger partial charge in [-0.25, -0.2) is 13.1 Å². The maximum atomic E-state index is 12.7. The van der Waals surface area contributed by atoms with Crippen LogP contribution in [0.5, 0.6) is 0 Å². The van der Waals surface area contributed by atoms with Gasteiger partial charge in [-0.05, 0) is 24.3 Å². The number of aromatic nitrogens is 3. The third-order valence-electron chi connectivity index (χ3n) is 4.89. The Morgan fingerprint density at radius 2 is 1.59 bits per heavy atom. The summed E-state index contributed by atoms with van der Waals surface area (Å²) in [5.74, 6) is -0.298. The Balaban J connectivity index is 1.43. The molecule has 4 rings (SSSR count). The molecule has 2 aromatic carbocycles. The number of carbonyl (C=O) groups is 1. The summed E-state index contributed by atoms with van der Waals surface area (Å²) in [4.78, 5) is 26.9. The Labute approximate surface area is 167 Å². The van der Waals surface area contributed by atoms with Crippen LogP contribution >= 0.6 is 0 Å².